The van der Waals surface area contributed by atoms with E-state index in [0.29, 0.717) is 17.3 Å². The molecule has 1 aromatic carbocycles. The van der Waals surface area contributed by atoms with Crippen LogP contribution >= 0.6 is 11.6 Å². The second-order valence-electron chi connectivity index (χ2n) is 5.09. The molecule has 7 heteroatoms. The van der Waals surface area contributed by atoms with Crippen molar-refractivity contribution in [3.8, 4) is 0 Å². The quantitative estimate of drug-likeness (QED) is 0.772. The van der Waals surface area contributed by atoms with Crippen LogP contribution in [-0.4, -0.2) is 33.7 Å². The van der Waals surface area contributed by atoms with Crippen LogP contribution in [0.1, 0.15) is 17.5 Å². The van der Waals surface area contributed by atoms with Gasteiger partial charge >= 0.3 is 0 Å². The van der Waals surface area contributed by atoms with Gasteiger partial charge in [-0.25, -0.2) is 8.42 Å². The number of sulfonamides is 1. The molecule has 0 bridgehead atoms. The lowest BCUT2D eigenvalue weighted by molar-refractivity contribution is -0.120. The topological polar surface area (TPSA) is 66.5 Å². The van der Waals surface area contributed by atoms with Gasteiger partial charge in [0.1, 0.15) is 0 Å². The highest BCUT2D eigenvalue weighted by Gasteiger charge is 2.22. The number of nitrogens with one attached hydrogen (secondary N) is 1. The molecule has 0 aromatic heterocycles. The average Bonchev–Trinajstić information content (AvgIpc) is 2.37. The minimum absolute atomic E-state index is 0.0332. The normalized spacial score (nSPS) is 11.1. The van der Waals surface area contributed by atoms with E-state index in [-0.39, 0.29) is 18.9 Å². The van der Waals surface area contributed by atoms with Gasteiger partial charge in [-0.15, -0.1) is 6.58 Å². The molecule has 0 aliphatic carbocycles. The number of hydrogen-bond acceptors (Lipinski definition) is 3. The first-order chi connectivity index (χ1) is 10.2. The number of carbonyl (C=O) groups is 1. The summed E-state index contributed by atoms with van der Waals surface area (Å²) < 4.78 is 25.3. The molecule has 122 valence electrons. The van der Waals surface area contributed by atoms with Crippen molar-refractivity contribution in [1.29, 1.82) is 0 Å². The van der Waals surface area contributed by atoms with Gasteiger partial charge < -0.3 is 5.32 Å². The number of anilines is 1. The molecule has 0 spiro atoms. The molecule has 0 saturated heterocycles. The Balaban J connectivity index is 3.06. The van der Waals surface area contributed by atoms with Crippen molar-refractivity contribution in [3.63, 3.8) is 0 Å². The Labute approximate surface area is 137 Å². The number of hydrogen-bond donors (Lipinski definition) is 1. The smallest absolute Gasteiger partial charge is 0.232 e. The van der Waals surface area contributed by atoms with Crippen molar-refractivity contribution < 1.29 is 13.2 Å². The maximum absolute atomic E-state index is 12.1. The van der Waals surface area contributed by atoms with Crippen LogP contribution < -0.4 is 9.62 Å². The van der Waals surface area contributed by atoms with Gasteiger partial charge in [-0.2, -0.15) is 0 Å². The van der Waals surface area contributed by atoms with Gasteiger partial charge in [0.15, 0.2) is 0 Å². The summed E-state index contributed by atoms with van der Waals surface area (Å²) in [5.41, 5.74) is 2.12. The Morgan fingerprint density at radius 1 is 1.41 bits per heavy atom. The summed E-state index contributed by atoms with van der Waals surface area (Å²) >= 11 is 6.21. The molecule has 0 heterocycles. The number of amides is 1. The van der Waals surface area contributed by atoms with E-state index < -0.39 is 10.0 Å². The van der Waals surface area contributed by atoms with Crippen LogP contribution in [0.15, 0.2) is 24.8 Å². The number of carbonyl (C=O) groups excluding carboxylic acids is 1. The molecule has 1 rings (SSSR count). The lowest BCUT2D eigenvalue weighted by atomic mass is 10.1. The average molecular weight is 345 g/mol. The standard InChI is InChI=1S/C15H21ClN2O3S/c1-5-7-17-14(19)6-8-18(22(4,20)21)15-12(3)9-11(2)10-13(15)16/h5,9-10H,1,6-8H2,2-4H3,(H,17,19). The van der Waals surface area contributed by atoms with Gasteiger partial charge in [0.05, 0.1) is 17.0 Å². The monoisotopic (exact) mass is 344 g/mol. The highest BCUT2D eigenvalue weighted by molar-refractivity contribution is 7.92. The third-order valence-electron chi connectivity index (χ3n) is 3.03. The minimum Gasteiger partial charge on any atom is -0.353 e. The number of nitrogens with zero attached hydrogens (tertiary/aromatic N) is 1. The summed E-state index contributed by atoms with van der Waals surface area (Å²) in [6.45, 7) is 7.57. The third kappa shape index (κ3) is 5.03. The SMILES string of the molecule is C=CCNC(=O)CCN(c1c(C)cc(C)cc1Cl)S(C)(=O)=O. The molecule has 0 unspecified atom stereocenters. The predicted molar refractivity (Wildman–Crippen MR) is 90.9 cm³/mol. The summed E-state index contributed by atoms with van der Waals surface area (Å²) in [5.74, 6) is -0.241. The van der Waals surface area contributed by atoms with Crippen molar-refractivity contribution in [2.45, 2.75) is 20.3 Å². The number of halogens is 1. The van der Waals surface area contributed by atoms with Crippen LogP contribution in [0, 0.1) is 13.8 Å². The second-order valence-corrected chi connectivity index (χ2v) is 7.40. The van der Waals surface area contributed by atoms with Crippen molar-refractivity contribution in [2.24, 2.45) is 0 Å². The first-order valence-electron chi connectivity index (χ1n) is 6.79. The summed E-state index contributed by atoms with van der Waals surface area (Å²) in [6.07, 6.45) is 2.71. The highest BCUT2D eigenvalue weighted by Crippen LogP contribution is 2.32. The molecule has 1 aromatic rings. The zero-order valence-corrected chi connectivity index (χ0v) is 14.6. The molecular formula is C15H21ClN2O3S. The Bertz CT molecular complexity index is 648. The van der Waals surface area contributed by atoms with Crippen LogP contribution in [0.4, 0.5) is 5.69 Å². The zero-order valence-electron chi connectivity index (χ0n) is 13.0. The van der Waals surface area contributed by atoms with Crippen molar-refractivity contribution in [2.75, 3.05) is 23.7 Å². The molecule has 5 nitrogen and oxygen atoms in total. The lowest BCUT2D eigenvalue weighted by Gasteiger charge is -2.25. The van der Waals surface area contributed by atoms with E-state index in [1.807, 2.05) is 13.0 Å². The number of benzene rings is 1. The van der Waals surface area contributed by atoms with Gasteiger partial charge in [0, 0.05) is 19.5 Å². The van der Waals surface area contributed by atoms with Gasteiger partial charge in [-0.05, 0) is 31.0 Å². The van der Waals surface area contributed by atoms with Gasteiger partial charge in [0.2, 0.25) is 15.9 Å². The Morgan fingerprint density at radius 2 is 2.05 bits per heavy atom. The fourth-order valence-electron chi connectivity index (χ4n) is 2.14. The molecule has 0 fully saturated rings. The van der Waals surface area contributed by atoms with Gasteiger partial charge in [-0.3, -0.25) is 9.10 Å². The first-order valence-corrected chi connectivity index (χ1v) is 9.01. The fraction of sp³-hybridized carbons (Fsp3) is 0.400. The van der Waals surface area contributed by atoms with E-state index >= 15 is 0 Å². The molecule has 0 radical (unpaired) electrons. The molecule has 22 heavy (non-hydrogen) atoms. The Kier molecular flexibility index (Phi) is 6.44. The van der Waals surface area contributed by atoms with E-state index in [1.165, 1.54) is 4.31 Å². The van der Waals surface area contributed by atoms with Crippen LogP contribution in [0.3, 0.4) is 0 Å². The lowest BCUT2D eigenvalue weighted by Crippen LogP contribution is -2.35. The van der Waals surface area contributed by atoms with E-state index in [9.17, 15) is 13.2 Å². The van der Waals surface area contributed by atoms with Crippen LogP contribution in [0.5, 0.6) is 0 Å². The maximum atomic E-state index is 12.1. The highest BCUT2D eigenvalue weighted by atomic mass is 35.5. The van der Waals surface area contributed by atoms with Gasteiger partial charge in [-0.1, -0.05) is 23.7 Å². The van der Waals surface area contributed by atoms with Crippen LogP contribution in [0.25, 0.3) is 0 Å². The largest absolute Gasteiger partial charge is 0.353 e. The minimum atomic E-state index is -3.54. The summed E-state index contributed by atoms with van der Waals surface area (Å²) in [5, 5.41) is 2.97. The summed E-state index contributed by atoms with van der Waals surface area (Å²) in [6, 6.07) is 3.57. The predicted octanol–water partition coefficient (Wildman–Crippen LogP) is 2.42. The molecule has 0 saturated carbocycles. The van der Waals surface area contributed by atoms with Crippen molar-refractivity contribution >= 4 is 33.2 Å². The summed E-state index contributed by atoms with van der Waals surface area (Å²) in [7, 11) is -3.54. The molecule has 0 aliphatic rings. The third-order valence-corrected chi connectivity index (χ3v) is 4.49. The molecule has 0 atom stereocenters. The summed E-state index contributed by atoms with van der Waals surface area (Å²) in [4.78, 5) is 11.7. The van der Waals surface area contributed by atoms with Crippen molar-refractivity contribution in [3.05, 3.63) is 40.9 Å². The second kappa shape index (κ2) is 7.65. The zero-order chi connectivity index (χ0) is 16.9. The van der Waals surface area contributed by atoms with Crippen LogP contribution in [-0.2, 0) is 14.8 Å². The molecular weight excluding hydrogens is 324 g/mol. The fourth-order valence-corrected chi connectivity index (χ4v) is 3.62. The van der Waals surface area contributed by atoms with Crippen LogP contribution in [0.2, 0.25) is 5.02 Å². The first kappa shape index (κ1) is 18.5. The number of rotatable bonds is 7. The Morgan fingerprint density at radius 3 is 2.55 bits per heavy atom. The van der Waals surface area contributed by atoms with E-state index in [4.69, 9.17) is 11.6 Å². The maximum Gasteiger partial charge on any atom is 0.232 e. The van der Waals surface area contributed by atoms with Crippen molar-refractivity contribution in [1.82, 2.24) is 5.32 Å². The van der Waals surface area contributed by atoms with E-state index in [1.54, 1.807) is 19.1 Å². The molecule has 0 aliphatic heterocycles. The molecule has 1 N–H and O–H groups in total. The number of aryl methyl sites for hydroxylation is 2. The molecule has 1 amide bonds. The van der Waals surface area contributed by atoms with E-state index in [0.717, 1.165) is 17.4 Å². The van der Waals surface area contributed by atoms with E-state index in [2.05, 4.69) is 11.9 Å². The Hall–Kier alpha value is -1.53. The van der Waals surface area contributed by atoms with Gasteiger partial charge in [0.25, 0.3) is 0 Å².